The molecule has 1 rings (SSSR count). The maximum atomic E-state index is 12.7. The molecule has 0 aliphatic rings. The lowest BCUT2D eigenvalue weighted by atomic mass is 10.2. The number of aliphatic hydroxyl groups is 1. The van der Waals surface area contributed by atoms with Crippen LogP contribution in [0.5, 0.6) is 0 Å². The van der Waals surface area contributed by atoms with E-state index in [1.54, 1.807) is 12.1 Å². The highest BCUT2D eigenvalue weighted by molar-refractivity contribution is 9.10. The summed E-state index contributed by atoms with van der Waals surface area (Å²) in [5.41, 5.74) is 0.558. The van der Waals surface area contributed by atoms with E-state index >= 15 is 0 Å². The fraction of sp³-hybridized carbons (Fsp3) is 0.538. The van der Waals surface area contributed by atoms with E-state index in [1.807, 2.05) is 13.8 Å². The van der Waals surface area contributed by atoms with Gasteiger partial charge < -0.3 is 9.84 Å². The summed E-state index contributed by atoms with van der Waals surface area (Å²) in [5, 5.41) is 9.16. The van der Waals surface area contributed by atoms with Crippen LogP contribution < -0.4 is 0 Å². The van der Waals surface area contributed by atoms with Crippen molar-refractivity contribution in [2.45, 2.75) is 31.4 Å². The van der Waals surface area contributed by atoms with Gasteiger partial charge in [-0.1, -0.05) is 6.07 Å². The number of rotatable bonds is 7. The van der Waals surface area contributed by atoms with Gasteiger partial charge in [0, 0.05) is 24.2 Å². The van der Waals surface area contributed by atoms with Crippen LogP contribution in [-0.4, -0.2) is 44.1 Å². The van der Waals surface area contributed by atoms with Crippen LogP contribution in [0.4, 0.5) is 0 Å². The smallest absolute Gasteiger partial charge is 0.244 e. The standard InChI is InChI=1S/C13H20BrNO4S/c1-10(2)15(6-7-19-3)20(17,18)13-8-11(9-16)4-5-12(13)14/h4-5,8,10,16H,6-7,9H2,1-3H3. The maximum Gasteiger partial charge on any atom is 0.244 e. The zero-order valence-corrected chi connectivity index (χ0v) is 14.2. The lowest BCUT2D eigenvalue weighted by Crippen LogP contribution is -2.39. The topological polar surface area (TPSA) is 66.8 Å². The van der Waals surface area contributed by atoms with Crippen LogP contribution in [0.15, 0.2) is 27.6 Å². The first kappa shape index (κ1) is 17.6. The largest absolute Gasteiger partial charge is 0.392 e. The van der Waals surface area contributed by atoms with E-state index < -0.39 is 10.0 Å². The fourth-order valence-electron chi connectivity index (χ4n) is 1.81. The minimum atomic E-state index is -3.64. The zero-order valence-electron chi connectivity index (χ0n) is 11.8. The molecule has 1 N–H and O–H groups in total. The van der Waals surface area contributed by atoms with Crippen molar-refractivity contribution in [3.63, 3.8) is 0 Å². The van der Waals surface area contributed by atoms with E-state index in [2.05, 4.69) is 15.9 Å². The first-order valence-electron chi connectivity index (χ1n) is 6.24. The molecule has 0 saturated carbocycles. The van der Waals surface area contributed by atoms with Gasteiger partial charge in [0.05, 0.1) is 18.1 Å². The average Bonchev–Trinajstić information content (AvgIpc) is 2.38. The SMILES string of the molecule is COCCN(C(C)C)S(=O)(=O)c1cc(CO)ccc1Br. The third kappa shape index (κ3) is 4.02. The Morgan fingerprint density at radius 3 is 2.55 bits per heavy atom. The molecule has 0 radical (unpaired) electrons. The molecule has 0 amide bonds. The predicted molar refractivity (Wildman–Crippen MR) is 81.0 cm³/mol. The van der Waals surface area contributed by atoms with Crippen LogP contribution in [0.25, 0.3) is 0 Å². The first-order chi connectivity index (χ1) is 9.34. The zero-order chi connectivity index (χ0) is 15.3. The summed E-state index contributed by atoms with van der Waals surface area (Å²) >= 11 is 3.26. The molecule has 114 valence electrons. The van der Waals surface area contributed by atoms with Crippen molar-refractivity contribution in [1.29, 1.82) is 0 Å². The molecular formula is C13H20BrNO4S. The molecular weight excluding hydrogens is 346 g/mol. The molecule has 0 aliphatic carbocycles. The van der Waals surface area contributed by atoms with E-state index in [0.29, 0.717) is 16.6 Å². The lowest BCUT2D eigenvalue weighted by Gasteiger charge is -2.26. The lowest BCUT2D eigenvalue weighted by molar-refractivity contribution is 0.171. The molecule has 0 unspecified atom stereocenters. The van der Waals surface area contributed by atoms with Crippen molar-refractivity contribution in [2.24, 2.45) is 0 Å². The molecule has 0 heterocycles. The van der Waals surface area contributed by atoms with Gasteiger partial charge in [-0.2, -0.15) is 4.31 Å². The quantitative estimate of drug-likeness (QED) is 0.802. The highest BCUT2D eigenvalue weighted by Crippen LogP contribution is 2.27. The minimum absolute atomic E-state index is 0.161. The Morgan fingerprint density at radius 1 is 1.40 bits per heavy atom. The van der Waals surface area contributed by atoms with Gasteiger partial charge in [0.1, 0.15) is 0 Å². The molecule has 1 aromatic rings. The summed E-state index contributed by atoms with van der Waals surface area (Å²) < 4.78 is 32.3. The Kier molecular flexibility index (Phi) is 6.60. The molecule has 0 aliphatic heterocycles. The molecule has 20 heavy (non-hydrogen) atoms. The van der Waals surface area contributed by atoms with E-state index in [0.717, 1.165) is 0 Å². The summed E-state index contributed by atoms with van der Waals surface area (Å²) in [6.45, 7) is 4.05. The molecule has 0 atom stereocenters. The molecule has 0 aromatic heterocycles. The van der Waals surface area contributed by atoms with Crippen molar-refractivity contribution in [3.05, 3.63) is 28.2 Å². The number of methoxy groups -OCH3 is 1. The van der Waals surface area contributed by atoms with Crippen molar-refractivity contribution in [3.8, 4) is 0 Å². The fourth-order valence-corrected chi connectivity index (χ4v) is 4.41. The minimum Gasteiger partial charge on any atom is -0.392 e. The summed E-state index contributed by atoms with van der Waals surface area (Å²) in [6, 6.07) is 4.62. The third-order valence-electron chi connectivity index (χ3n) is 2.86. The van der Waals surface area contributed by atoms with Gasteiger partial charge in [-0.15, -0.1) is 0 Å². The van der Waals surface area contributed by atoms with Gasteiger partial charge in [0.25, 0.3) is 0 Å². The van der Waals surface area contributed by atoms with Crippen LogP contribution in [0.1, 0.15) is 19.4 Å². The number of halogens is 1. The summed E-state index contributed by atoms with van der Waals surface area (Å²) in [4.78, 5) is 0.161. The van der Waals surface area contributed by atoms with E-state index in [4.69, 9.17) is 9.84 Å². The van der Waals surface area contributed by atoms with Crippen molar-refractivity contribution in [2.75, 3.05) is 20.3 Å². The van der Waals surface area contributed by atoms with Crippen LogP contribution in [0.3, 0.4) is 0 Å². The number of hydrogen-bond acceptors (Lipinski definition) is 4. The van der Waals surface area contributed by atoms with Gasteiger partial charge in [-0.3, -0.25) is 0 Å². The second-order valence-electron chi connectivity index (χ2n) is 4.63. The summed E-state index contributed by atoms with van der Waals surface area (Å²) in [7, 11) is -2.11. The molecule has 0 bridgehead atoms. The monoisotopic (exact) mass is 365 g/mol. The van der Waals surface area contributed by atoms with Crippen molar-refractivity contribution >= 4 is 26.0 Å². The number of nitrogens with zero attached hydrogens (tertiary/aromatic N) is 1. The molecule has 1 aromatic carbocycles. The Morgan fingerprint density at radius 2 is 2.05 bits per heavy atom. The van der Waals surface area contributed by atoms with E-state index in [-0.39, 0.29) is 24.1 Å². The van der Waals surface area contributed by atoms with Crippen molar-refractivity contribution in [1.82, 2.24) is 4.31 Å². The van der Waals surface area contributed by atoms with Gasteiger partial charge in [0.2, 0.25) is 10.0 Å². The van der Waals surface area contributed by atoms with Gasteiger partial charge in [-0.05, 0) is 47.5 Å². The normalized spacial score (nSPS) is 12.3. The Hall–Kier alpha value is -0.470. The highest BCUT2D eigenvalue weighted by atomic mass is 79.9. The van der Waals surface area contributed by atoms with Crippen LogP contribution in [0, 0.1) is 0 Å². The molecule has 0 spiro atoms. The molecule has 5 nitrogen and oxygen atoms in total. The van der Waals surface area contributed by atoms with Crippen LogP contribution in [-0.2, 0) is 21.4 Å². The number of sulfonamides is 1. The molecule has 0 saturated heterocycles. The van der Waals surface area contributed by atoms with Crippen LogP contribution >= 0.6 is 15.9 Å². The second-order valence-corrected chi connectivity index (χ2v) is 7.34. The first-order valence-corrected chi connectivity index (χ1v) is 8.48. The molecule has 7 heteroatoms. The predicted octanol–water partition coefficient (Wildman–Crippen LogP) is 1.99. The number of benzene rings is 1. The van der Waals surface area contributed by atoms with Gasteiger partial charge in [0.15, 0.2) is 0 Å². The van der Waals surface area contributed by atoms with Gasteiger partial charge in [-0.25, -0.2) is 8.42 Å². The number of hydrogen-bond donors (Lipinski definition) is 1. The summed E-state index contributed by atoms with van der Waals surface area (Å²) in [6.07, 6.45) is 0. The van der Waals surface area contributed by atoms with Gasteiger partial charge >= 0.3 is 0 Å². The number of aliphatic hydroxyl groups excluding tert-OH is 1. The molecule has 0 fully saturated rings. The van der Waals surface area contributed by atoms with E-state index in [1.165, 1.54) is 17.5 Å². The second kappa shape index (κ2) is 7.51. The Balaban J connectivity index is 3.25. The summed E-state index contributed by atoms with van der Waals surface area (Å²) in [5.74, 6) is 0. The van der Waals surface area contributed by atoms with E-state index in [9.17, 15) is 8.42 Å². The highest BCUT2D eigenvalue weighted by Gasteiger charge is 2.28. The average molecular weight is 366 g/mol. The third-order valence-corrected chi connectivity index (χ3v) is 5.93. The maximum absolute atomic E-state index is 12.7. The number of ether oxygens (including phenoxy) is 1. The van der Waals surface area contributed by atoms with Crippen molar-refractivity contribution < 1.29 is 18.3 Å². The Bertz CT molecular complexity index is 545. The Labute approximate surface area is 128 Å². The van der Waals surface area contributed by atoms with Crippen LogP contribution in [0.2, 0.25) is 0 Å².